The number of hydrogen-bond acceptors (Lipinski definition) is 6. The van der Waals surface area contributed by atoms with Crippen molar-refractivity contribution in [3.05, 3.63) is 49.5 Å². The second kappa shape index (κ2) is 11.4. The first-order valence-corrected chi connectivity index (χ1v) is 12.0. The SMILES string of the molecule is C#CCOc1c(Br)cc(/C=C2\C(=O)NC(=O)N(c3cc(OCC)ccc3OCC)C2=O)cc1I. The number of benzene rings is 2. The van der Waals surface area contributed by atoms with E-state index in [1.54, 1.807) is 31.2 Å². The number of nitrogens with zero attached hydrogens (tertiary/aromatic N) is 1. The van der Waals surface area contributed by atoms with Crippen molar-refractivity contribution in [1.82, 2.24) is 5.32 Å². The van der Waals surface area contributed by atoms with Gasteiger partial charge in [-0.2, -0.15) is 0 Å². The average Bonchev–Trinajstić information content (AvgIpc) is 2.78. The summed E-state index contributed by atoms with van der Waals surface area (Å²) in [7, 11) is 0. The van der Waals surface area contributed by atoms with Gasteiger partial charge in [0.15, 0.2) is 0 Å². The molecule has 0 saturated carbocycles. The highest BCUT2D eigenvalue weighted by Crippen LogP contribution is 2.36. The smallest absolute Gasteiger partial charge is 0.336 e. The van der Waals surface area contributed by atoms with Crippen molar-refractivity contribution in [3.8, 4) is 29.6 Å². The first-order chi connectivity index (χ1) is 16.3. The molecule has 8 nitrogen and oxygen atoms in total. The van der Waals surface area contributed by atoms with Crippen molar-refractivity contribution in [2.24, 2.45) is 0 Å². The van der Waals surface area contributed by atoms with Crippen LogP contribution in [0.2, 0.25) is 0 Å². The molecule has 1 N–H and O–H groups in total. The fourth-order valence-corrected chi connectivity index (χ4v) is 4.93. The third-order valence-corrected chi connectivity index (χ3v) is 5.91. The molecular formula is C24H20BrIN2O6. The lowest BCUT2D eigenvalue weighted by Gasteiger charge is -2.28. The van der Waals surface area contributed by atoms with Crippen LogP contribution in [0.25, 0.3) is 6.08 Å². The monoisotopic (exact) mass is 638 g/mol. The predicted molar refractivity (Wildman–Crippen MR) is 139 cm³/mol. The Balaban J connectivity index is 2.05. The third-order valence-electron chi connectivity index (χ3n) is 4.52. The summed E-state index contributed by atoms with van der Waals surface area (Å²) >= 11 is 5.49. The number of halogens is 2. The zero-order valence-corrected chi connectivity index (χ0v) is 22.1. The van der Waals surface area contributed by atoms with Gasteiger partial charge in [-0.15, -0.1) is 6.42 Å². The number of amides is 4. The lowest BCUT2D eigenvalue weighted by Crippen LogP contribution is -2.54. The summed E-state index contributed by atoms with van der Waals surface area (Å²) in [6.07, 6.45) is 6.66. The van der Waals surface area contributed by atoms with Crippen LogP contribution in [-0.4, -0.2) is 37.7 Å². The van der Waals surface area contributed by atoms with Crippen molar-refractivity contribution in [3.63, 3.8) is 0 Å². The second-order valence-electron chi connectivity index (χ2n) is 6.76. The van der Waals surface area contributed by atoms with Gasteiger partial charge in [0.1, 0.15) is 29.4 Å². The molecule has 10 heteroatoms. The maximum absolute atomic E-state index is 13.4. The van der Waals surface area contributed by atoms with E-state index in [2.05, 4.69) is 49.8 Å². The van der Waals surface area contributed by atoms with Crippen LogP contribution in [0.15, 0.2) is 40.4 Å². The Morgan fingerprint density at radius 2 is 1.85 bits per heavy atom. The number of ether oxygens (including phenoxy) is 3. The van der Waals surface area contributed by atoms with Crippen LogP contribution >= 0.6 is 38.5 Å². The van der Waals surface area contributed by atoms with Gasteiger partial charge in [-0.05, 0) is 88.3 Å². The number of rotatable bonds is 8. The molecule has 1 heterocycles. The Kier molecular flexibility index (Phi) is 8.57. The van der Waals surface area contributed by atoms with Gasteiger partial charge in [0.2, 0.25) is 0 Å². The Morgan fingerprint density at radius 3 is 2.50 bits per heavy atom. The quantitative estimate of drug-likeness (QED) is 0.198. The molecule has 4 amide bonds. The van der Waals surface area contributed by atoms with E-state index >= 15 is 0 Å². The molecule has 0 atom stereocenters. The molecular weight excluding hydrogens is 619 g/mol. The molecule has 0 aromatic heterocycles. The lowest BCUT2D eigenvalue weighted by molar-refractivity contribution is -0.122. The highest BCUT2D eigenvalue weighted by molar-refractivity contribution is 14.1. The second-order valence-corrected chi connectivity index (χ2v) is 8.78. The normalized spacial score (nSPS) is 14.6. The van der Waals surface area contributed by atoms with Crippen molar-refractivity contribution in [2.45, 2.75) is 13.8 Å². The van der Waals surface area contributed by atoms with E-state index in [0.717, 1.165) is 4.90 Å². The Bertz CT molecular complexity index is 1200. The molecule has 1 aliphatic heterocycles. The predicted octanol–water partition coefficient (Wildman–Crippen LogP) is 4.53. The van der Waals surface area contributed by atoms with E-state index in [4.69, 9.17) is 20.6 Å². The molecule has 0 unspecified atom stereocenters. The summed E-state index contributed by atoms with van der Waals surface area (Å²) in [4.78, 5) is 39.5. The molecule has 2 aromatic rings. The molecule has 0 radical (unpaired) electrons. The van der Waals surface area contributed by atoms with Crippen LogP contribution in [-0.2, 0) is 9.59 Å². The largest absolute Gasteiger partial charge is 0.494 e. The molecule has 34 heavy (non-hydrogen) atoms. The molecule has 0 bridgehead atoms. The summed E-state index contributed by atoms with van der Waals surface area (Å²) in [5.41, 5.74) is 0.497. The molecule has 176 valence electrons. The number of nitrogens with one attached hydrogen (secondary N) is 1. The zero-order valence-electron chi connectivity index (χ0n) is 18.3. The number of terminal acetylenes is 1. The van der Waals surface area contributed by atoms with Crippen molar-refractivity contribution >= 4 is 68.1 Å². The van der Waals surface area contributed by atoms with E-state index in [-0.39, 0.29) is 17.9 Å². The highest BCUT2D eigenvalue weighted by Gasteiger charge is 2.38. The minimum atomic E-state index is -0.879. The number of anilines is 1. The van der Waals surface area contributed by atoms with Crippen LogP contribution in [0.5, 0.6) is 17.2 Å². The first kappa shape index (κ1) is 25.6. The molecule has 1 saturated heterocycles. The summed E-state index contributed by atoms with van der Waals surface area (Å²) in [5, 5.41) is 2.22. The number of imide groups is 2. The average molecular weight is 639 g/mol. The van der Waals surface area contributed by atoms with Crippen molar-refractivity contribution in [2.75, 3.05) is 24.7 Å². The number of carbonyl (C=O) groups excluding carboxylic acids is 3. The van der Waals surface area contributed by atoms with Gasteiger partial charge < -0.3 is 14.2 Å². The third kappa shape index (κ3) is 5.53. The Hall–Kier alpha value is -3.04. The van der Waals surface area contributed by atoms with E-state index in [0.29, 0.717) is 44.1 Å². The van der Waals surface area contributed by atoms with Gasteiger partial charge in [-0.3, -0.25) is 14.9 Å². The number of hydrogen-bond donors (Lipinski definition) is 1. The summed E-state index contributed by atoms with van der Waals surface area (Å²) in [5.74, 6) is 2.11. The number of barbiturate groups is 1. The van der Waals surface area contributed by atoms with Crippen LogP contribution in [0.4, 0.5) is 10.5 Å². The minimum Gasteiger partial charge on any atom is -0.494 e. The lowest BCUT2D eigenvalue weighted by atomic mass is 10.1. The molecule has 0 spiro atoms. The van der Waals surface area contributed by atoms with Gasteiger partial charge >= 0.3 is 6.03 Å². The Labute approximate surface area is 218 Å². The number of carbonyl (C=O) groups is 3. The van der Waals surface area contributed by atoms with E-state index < -0.39 is 17.8 Å². The topological polar surface area (TPSA) is 94.2 Å². The maximum Gasteiger partial charge on any atom is 0.336 e. The summed E-state index contributed by atoms with van der Waals surface area (Å²) < 4.78 is 18.0. The van der Waals surface area contributed by atoms with E-state index in [1.165, 1.54) is 12.1 Å². The molecule has 2 aromatic carbocycles. The first-order valence-electron chi connectivity index (χ1n) is 10.2. The van der Waals surface area contributed by atoms with Gasteiger partial charge in [-0.25, -0.2) is 9.69 Å². The van der Waals surface area contributed by atoms with Crippen molar-refractivity contribution < 1.29 is 28.6 Å². The van der Waals surface area contributed by atoms with Gasteiger partial charge in [0.05, 0.1) is 26.9 Å². The van der Waals surface area contributed by atoms with Gasteiger partial charge in [-0.1, -0.05) is 5.92 Å². The van der Waals surface area contributed by atoms with E-state index in [1.807, 2.05) is 6.92 Å². The molecule has 3 rings (SSSR count). The van der Waals surface area contributed by atoms with Crippen LogP contribution < -0.4 is 24.4 Å². The standard InChI is InChI=1S/C24H20BrIN2O6/c1-4-9-34-21-17(25)11-14(12-18(21)26)10-16-22(29)27-24(31)28(23(16)30)19-13-15(32-5-2)7-8-20(19)33-6-3/h1,7-8,10-13H,5-6,9H2,2-3H3,(H,27,29,31)/b16-10+. The van der Waals surface area contributed by atoms with Gasteiger partial charge in [0.25, 0.3) is 11.8 Å². The fraction of sp³-hybridized carbons (Fsp3) is 0.208. The van der Waals surface area contributed by atoms with E-state index in [9.17, 15) is 14.4 Å². The summed E-state index contributed by atoms with van der Waals surface area (Å²) in [6, 6.07) is 7.34. The molecule has 1 aliphatic rings. The fourth-order valence-electron chi connectivity index (χ4n) is 3.16. The Morgan fingerprint density at radius 1 is 1.12 bits per heavy atom. The molecule has 1 fully saturated rings. The minimum absolute atomic E-state index is 0.0932. The summed E-state index contributed by atoms with van der Waals surface area (Å²) in [6.45, 7) is 4.40. The number of urea groups is 1. The van der Waals surface area contributed by atoms with Crippen molar-refractivity contribution in [1.29, 1.82) is 0 Å². The maximum atomic E-state index is 13.4. The highest BCUT2D eigenvalue weighted by atomic mass is 127. The zero-order chi connectivity index (χ0) is 24.8. The van der Waals surface area contributed by atoms with Crippen LogP contribution in [0, 0.1) is 15.9 Å². The van der Waals surface area contributed by atoms with Crippen LogP contribution in [0.3, 0.4) is 0 Å². The van der Waals surface area contributed by atoms with Gasteiger partial charge in [0, 0.05) is 6.07 Å². The molecule has 0 aliphatic carbocycles. The van der Waals surface area contributed by atoms with Crippen LogP contribution in [0.1, 0.15) is 19.4 Å².